The topological polar surface area (TPSA) is 56.2 Å². The molecule has 2 aliphatic heterocycles. The molecule has 2 heterocycles. The van der Waals surface area contributed by atoms with Crippen LogP contribution in [-0.2, 0) is 13.2 Å². The third-order valence-corrected chi connectivity index (χ3v) is 7.13. The number of carbonyl (C=O) groups is 1. The first-order valence-corrected chi connectivity index (χ1v) is 12.2. The minimum Gasteiger partial charge on any atom is -0.489 e. The fraction of sp³-hybridized carbons (Fsp3) is 0.458. The molecule has 2 aliphatic rings. The third-order valence-electron chi connectivity index (χ3n) is 6.38. The lowest BCUT2D eigenvalue weighted by molar-refractivity contribution is 0.0561. The summed E-state index contributed by atoms with van der Waals surface area (Å²) in [4.78, 5) is 17.6. The number of carboxylic acid groups (broad SMARTS) is 1. The third kappa shape index (κ3) is 6.16. The van der Waals surface area contributed by atoms with E-state index in [4.69, 9.17) is 21.4 Å². The van der Waals surface area contributed by atoms with Crippen molar-refractivity contribution in [2.75, 3.05) is 39.3 Å². The number of likely N-dealkylation sites (tertiary alicyclic amines) is 1. The van der Waals surface area contributed by atoms with Crippen molar-refractivity contribution in [3.63, 3.8) is 0 Å². The Labute approximate surface area is 202 Å². The minimum atomic E-state index is -0.803. The number of hydrogen-bond acceptors (Lipinski definition) is 4. The summed E-state index contributed by atoms with van der Waals surface area (Å²) < 4.78 is 7.21. The monoisotopic (exact) mass is 521 g/mol. The maximum atomic E-state index is 11.1. The van der Waals surface area contributed by atoms with Gasteiger partial charge in [0.15, 0.2) is 0 Å². The lowest BCUT2D eigenvalue weighted by atomic mass is 10.0. The maximum Gasteiger partial charge on any atom is 0.407 e. The molecular formula is C24H29BrClN3O3. The summed E-state index contributed by atoms with van der Waals surface area (Å²) in [5.41, 5.74) is 2.27. The molecule has 1 amide bonds. The normalized spacial score (nSPS) is 18.6. The Bertz CT molecular complexity index is 911. The van der Waals surface area contributed by atoms with Gasteiger partial charge in [-0.3, -0.25) is 9.80 Å². The number of piperazine rings is 1. The smallest absolute Gasteiger partial charge is 0.407 e. The molecule has 0 saturated carbocycles. The van der Waals surface area contributed by atoms with Crippen LogP contribution in [0.5, 0.6) is 5.75 Å². The maximum absolute atomic E-state index is 11.1. The Kier molecular flexibility index (Phi) is 7.94. The number of rotatable bonds is 6. The number of hydrogen-bond donors (Lipinski definition) is 1. The van der Waals surface area contributed by atoms with Crippen LogP contribution in [0.3, 0.4) is 0 Å². The first kappa shape index (κ1) is 23.4. The highest BCUT2D eigenvalue weighted by molar-refractivity contribution is 9.10. The highest BCUT2D eigenvalue weighted by atomic mass is 79.9. The fourth-order valence-corrected chi connectivity index (χ4v) is 5.05. The number of amides is 1. The van der Waals surface area contributed by atoms with Gasteiger partial charge in [-0.05, 0) is 61.8 Å². The van der Waals surface area contributed by atoms with Gasteiger partial charge in [0.05, 0.1) is 0 Å². The van der Waals surface area contributed by atoms with Gasteiger partial charge < -0.3 is 14.7 Å². The molecule has 2 saturated heterocycles. The van der Waals surface area contributed by atoms with Crippen LogP contribution in [-0.4, -0.2) is 71.2 Å². The van der Waals surface area contributed by atoms with Gasteiger partial charge in [0, 0.05) is 53.8 Å². The van der Waals surface area contributed by atoms with Gasteiger partial charge in [-0.1, -0.05) is 39.7 Å². The van der Waals surface area contributed by atoms with E-state index in [1.807, 2.05) is 36.4 Å². The Morgan fingerprint density at radius 2 is 1.72 bits per heavy atom. The lowest BCUT2D eigenvalue weighted by Crippen LogP contribution is -2.54. The lowest BCUT2D eigenvalue weighted by Gasteiger charge is -2.42. The van der Waals surface area contributed by atoms with Crippen molar-refractivity contribution in [1.82, 2.24) is 14.7 Å². The van der Waals surface area contributed by atoms with Crippen LogP contribution in [0.2, 0.25) is 5.02 Å². The van der Waals surface area contributed by atoms with E-state index >= 15 is 0 Å². The summed E-state index contributed by atoms with van der Waals surface area (Å²) in [5.74, 6) is 0.912. The number of benzene rings is 2. The van der Waals surface area contributed by atoms with E-state index in [-0.39, 0.29) is 0 Å². The van der Waals surface area contributed by atoms with Crippen molar-refractivity contribution < 1.29 is 14.6 Å². The molecule has 2 aromatic carbocycles. The van der Waals surface area contributed by atoms with Crippen LogP contribution >= 0.6 is 27.5 Å². The first-order valence-electron chi connectivity index (χ1n) is 11.1. The van der Waals surface area contributed by atoms with Crippen LogP contribution in [0, 0.1) is 0 Å². The average molecular weight is 523 g/mol. The van der Waals surface area contributed by atoms with Gasteiger partial charge in [-0.15, -0.1) is 0 Å². The van der Waals surface area contributed by atoms with E-state index in [2.05, 4.69) is 31.8 Å². The predicted molar refractivity (Wildman–Crippen MR) is 129 cm³/mol. The average Bonchev–Trinajstić information content (AvgIpc) is 2.80. The highest BCUT2D eigenvalue weighted by Gasteiger charge is 2.29. The summed E-state index contributed by atoms with van der Waals surface area (Å²) in [5, 5.41) is 9.87. The van der Waals surface area contributed by atoms with Crippen LogP contribution < -0.4 is 4.74 Å². The molecule has 0 aliphatic carbocycles. The second kappa shape index (κ2) is 10.9. The first-order chi connectivity index (χ1) is 15.5. The molecule has 0 bridgehead atoms. The summed E-state index contributed by atoms with van der Waals surface area (Å²) in [6, 6.07) is 14.5. The second-order valence-corrected chi connectivity index (χ2v) is 9.83. The molecule has 2 aromatic rings. The number of halogens is 2. The van der Waals surface area contributed by atoms with Crippen LogP contribution in [0.25, 0.3) is 0 Å². The SMILES string of the molecule is O=C(O)N1CCN(C2CCN(Cc3cc(Br)ccc3OCc3ccc(Cl)cc3)CC2)CC1. The Hall–Kier alpha value is -1.80. The van der Waals surface area contributed by atoms with E-state index < -0.39 is 6.09 Å². The van der Waals surface area contributed by atoms with Crippen molar-refractivity contribution in [3.05, 3.63) is 63.1 Å². The number of piperidine rings is 1. The molecule has 6 nitrogen and oxygen atoms in total. The predicted octanol–water partition coefficient (Wildman–Crippen LogP) is 4.94. The zero-order valence-corrected chi connectivity index (χ0v) is 20.4. The summed E-state index contributed by atoms with van der Waals surface area (Å²) >= 11 is 9.58. The Morgan fingerprint density at radius 3 is 2.38 bits per heavy atom. The molecular weight excluding hydrogens is 494 g/mol. The summed E-state index contributed by atoms with van der Waals surface area (Å²) in [6.45, 7) is 6.34. The summed E-state index contributed by atoms with van der Waals surface area (Å²) in [7, 11) is 0. The van der Waals surface area contributed by atoms with Gasteiger partial charge in [0.1, 0.15) is 12.4 Å². The number of nitrogens with zero attached hydrogens (tertiary/aromatic N) is 3. The van der Waals surface area contributed by atoms with Crippen LogP contribution in [0.15, 0.2) is 46.9 Å². The highest BCUT2D eigenvalue weighted by Crippen LogP contribution is 2.28. The second-order valence-electron chi connectivity index (χ2n) is 8.48. The van der Waals surface area contributed by atoms with Crippen molar-refractivity contribution in [1.29, 1.82) is 0 Å². The fourth-order valence-electron chi connectivity index (χ4n) is 4.52. The molecule has 8 heteroatoms. The van der Waals surface area contributed by atoms with Gasteiger partial charge >= 0.3 is 6.09 Å². The van der Waals surface area contributed by atoms with Crippen molar-refractivity contribution in [3.8, 4) is 5.75 Å². The molecule has 2 fully saturated rings. The van der Waals surface area contributed by atoms with Crippen molar-refractivity contribution >= 4 is 33.6 Å². The van der Waals surface area contributed by atoms with Gasteiger partial charge in [-0.25, -0.2) is 4.79 Å². The van der Waals surface area contributed by atoms with Gasteiger partial charge in [0.25, 0.3) is 0 Å². The zero-order valence-electron chi connectivity index (χ0n) is 18.1. The minimum absolute atomic E-state index is 0.510. The van der Waals surface area contributed by atoms with E-state index in [9.17, 15) is 4.79 Å². The molecule has 0 aromatic heterocycles. The molecule has 0 spiro atoms. The molecule has 172 valence electrons. The standard InChI is InChI=1S/C24H29BrClN3O3/c25-20-3-6-23(32-17-18-1-4-21(26)5-2-18)19(15-20)16-27-9-7-22(8-10-27)28-11-13-29(14-12-28)24(30)31/h1-6,15,22H,7-14,16-17H2,(H,30,31). The Morgan fingerprint density at radius 1 is 1.03 bits per heavy atom. The number of ether oxygens (including phenoxy) is 1. The van der Waals surface area contributed by atoms with Gasteiger partial charge in [0.2, 0.25) is 0 Å². The summed E-state index contributed by atoms with van der Waals surface area (Å²) in [6.07, 6.45) is 1.42. The molecule has 0 radical (unpaired) electrons. The zero-order chi connectivity index (χ0) is 22.5. The van der Waals surface area contributed by atoms with Crippen LogP contribution in [0.4, 0.5) is 4.79 Å². The molecule has 1 N–H and O–H groups in total. The van der Waals surface area contributed by atoms with E-state index in [0.29, 0.717) is 25.7 Å². The molecule has 32 heavy (non-hydrogen) atoms. The Balaban J connectivity index is 1.30. The van der Waals surface area contributed by atoms with Gasteiger partial charge in [-0.2, -0.15) is 0 Å². The molecule has 4 rings (SSSR count). The quantitative estimate of drug-likeness (QED) is 0.582. The van der Waals surface area contributed by atoms with E-state index in [1.54, 1.807) is 0 Å². The molecule has 0 unspecified atom stereocenters. The van der Waals surface area contributed by atoms with Crippen LogP contribution in [0.1, 0.15) is 24.0 Å². The van der Waals surface area contributed by atoms with Crippen molar-refractivity contribution in [2.24, 2.45) is 0 Å². The largest absolute Gasteiger partial charge is 0.489 e. The van der Waals surface area contributed by atoms with Crippen molar-refractivity contribution in [2.45, 2.75) is 32.0 Å². The van der Waals surface area contributed by atoms with E-state index in [1.165, 1.54) is 10.5 Å². The van der Waals surface area contributed by atoms with E-state index in [0.717, 1.165) is 66.4 Å². The molecule has 0 atom stereocenters.